The summed E-state index contributed by atoms with van der Waals surface area (Å²) in [5.74, 6) is 0.626. The van der Waals surface area contributed by atoms with E-state index in [-0.39, 0.29) is 4.90 Å². The summed E-state index contributed by atoms with van der Waals surface area (Å²) in [5, 5.41) is 3.95. The third-order valence-electron chi connectivity index (χ3n) is 3.62. The monoisotopic (exact) mass is 327 g/mol. The lowest BCUT2D eigenvalue weighted by Crippen LogP contribution is -2.03. The van der Waals surface area contributed by atoms with Gasteiger partial charge in [0.25, 0.3) is 0 Å². The number of anilines is 1. The molecule has 0 aliphatic carbocycles. The molecule has 1 heterocycles. The molecule has 0 saturated heterocycles. The van der Waals surface area contributed by atoms with Gasteiger partial charge in [0.15, 0.2) is 9.84 Å². The van der Waals surface area contributed by atoms with Crippen molar-refractivity contribution in [2.75, 3.05) is 11.6 Å². The highest BCUT2D eigenvalue weighted by Crippen LogP contribution is 2.23. The van der Waals surface area contributed by atoms with Crippen LogP contribution in [0, 0.1) is 6.92 Å². The maximum absolute atomic E-state index is 11.7. The Labute approximate surface area is 135 Å². The largest absolute Gasteiger partial charge is 0.365 e. The minimum absolute atomic E-state index is 0.262. The van der Waals surface area contributed by atoms with Gasteiger partial charge >= 0.3 is 0 Å². The van der Waals surface area contributed by atoms with E-state index in [1.807, 2.05) is 19.1 Å². The summed E-state index contributed by atoms with van der Waals surface area (Å²) >= 11 is 0. The minimum Gasteiger partial charge on any atom is -0.365 e. The van der Waals surface area contributed by atoms with Crippen LogP contribution in [0.5, 0.6) is 0 Å². The fourth-order valence-electron chi connectivity index (χ4n) is 2.30. The Morgan fingerprint density at radius 2 is 1.78 bits per heavy atom. The molecule has 0 spiro atoms. The van der Waals surface area contributed by atoms with Gasteiger partial charge in [-0.05, 0) is 30.7 Å². The van der Waals surface area contributed by atoms with Gasteiger partial charge in [-0.25, -0.2) is 18.4 Å². The Bertz CT molecular complexity index is 951. The topological polar surface area (TPSA) is 72.0 Å². The molecule has 0 amide bonds. The number of hydrogen-bond donors (Lipinski definition) is 1. The summed E-state index contributed by atoms with van der Waals surface area (Å²) < 4.78 is 23.5. The molecule has 0 unspecified atom stereocenters. The Morgan fingerprint density at radius 1 is 1.04 bits per heavy atom. The van der Waals surface area contributed by atoms with Gasteiger partial charge < -0.3 is 5.32 Å². The summed E-state index contributed by atoms with van der Waals surface area (Å²) in [6.45, 7) is 2.65. The van der Waals surface area contributed by atoms with Gasteiger partial charge in [-0.2, -0.15) is 0 Å². The second-order valence-corrected chi connectivity index (χ2v) is 7.53. The van der Waals surface area contributed by atoms with Crippen LogP contribution in [0.25, 0.3) is 10.9 Å². The minimum atomic E-state index is -3.27. The van der Waals surface area contributed by atoms with Gasteiger partial charge in [-0.3, -0.25) is 0 Å². The number of aromatic nitrogens is 2. The molecule has 118 valence electrons. The molecule has 5 nitrogen and oxygen atoms in total. The molecule has 23 heavy (non-hydrogen) atoms. The molecule has 0 bridgehead atoms. The Balaban J connectivity index is 1.95. The third kappa shape index (κ3) is 3.48. The van der Waals surface area contributed by atoms with E-state index in [1.165, 1.54) is 18.1 Å². The van der Waals surface area contributed by atoms with Crippen molar-refractivity contribution < 1.29 is 8.42 Å². The average molecular weight is 327 g/mol. The van der Waals surface area contributed by atoms with E-state index in [2.05, 4.69) is 27.4 Å². The van der Waals surface area contributed by atoms with Crippen LogP contribution >= 0.6 is 0 Å². The van der Waals surface area contributed by atoms with Crippen molar-refractivity contribution in [3.05, 3.63) is 59.9 Å². The number of sulfone groups is 1. The highest BCUT2D eigenvalue weighted by Gasteiger charge is 2.11. The molecule has 6 heteroatoms. The van der Waals surface area contributed by atoms with Crippen LogP contribution in [0.2, 0.25) is 0 Å². The van der Waals surface area contributed by atoms with Crippen LogP contribution in [0.15, 0.2) is 53.7 Å². The summed E-state index contributed by atoms with van der Waals surface area (Å²) in [5.41, 5.74) is 3.04. The second-order valence-electron chi connectivity index (χ2n) is 5.51. The van der Waals surface area contributed by atoms with Crippen molar-refractivity contribution >= 4 is 26.6 Å². The molecule has 0 aliphatic rings. The van der Waals surface area contributed by atoms with Crippen LogP contribution in [-0.2, 0) is 16.4 Å². The quantitative estimate of drug-likeness (QED) is 0.797. The molecular formula is C17H17N3O2S. The smallest absolute Gasteiger partial charge is 0.175 e. The number of aryl methyl sites for hydroxylation is 1. The number of rotatable bonds is 4. The fraction of sp³-hybridized carbons (Fsp3) is 0.176. The van der Waals surface area contributed by atoms with Gasteiger partial charge in [-0.1, -0.05) is 29.8 Å². The third-order valence-corrected chi connectivity index (χ3v) is 4.73. The average Bonchev–Trinajstić information content (AvgIpc) is 2.53. The van der Waals surface area contributed by atoms with Crippen molar-refractivity contribution in [3.63, 3.8) is 0 Å². The van der Waals surface area contributed by atoms with E-state index >= 15 is 0 Å². The lowest BCUT2D eigenvalue weighted by atomic mass is 10.1. The fourth-order valence-corrected chi connectivity index (χ4v) is 2.95. The maximum Gasteiger partial charge on any atom is 0.175 e. The molecule has 1 aromatic heterocycles. The maximum atomic E-state index is 11.7. The van der Waals surface area contributed by atoms with Gasteiger partial charge in [-0.15, -0.1) is 0 Å². The van der Waals surface area contributed by atoms with Crippen LogP contribution in [-0.4, -0.2) is 24.6 Å². The summed E-state index contributed by atoms with van der Waals surface area (Å²) in [6.07, 6.45) is 2.66. The second kappa shape index (κ2) is 5.96. The zero-order valence-electron chi connectivity index (χ0n) is 12.9. The number of nitrogens with zero attached hydrogens (tertiary/aromatic N) is 2. The Morgan fingerprint density at radius 3 is 2.48 bits per heavy atom. The zero-order chi connectivity index (χ0) is 16.4. The molecule has 3 aromatic rings. The number of hydrogen-bond acceptors (Lipinski definition) is 5. The van der Waals surface area contributed by atoms with Crippen LogP contribution in [0.4, 0.5) is 5.82 Å². The first-order chi connectivity index (χ1) is 10.9. The standard InChI is InChI=1S/C17H17N3O2S/c1-12-3-5-13(6-4-12)10-18-17-15-9-14(23(2,21)22)7-8-16(15)19-11-20-17/h3-9,11H,10H2,1-2H3,(H,18,19,20). The first-order valence-electron chi connectivity index (χ1n) is 7.18. The predicted molar refractivity (Wildman–Crippen MR) is 91.2 cm³/mol. The van der Waals surface area contributed by atoms with E-state index < -0.39 is 9.84 Å². The lowest BCUT2D eigenvalue weighted by molar-refractivity contribution is 0.602. The summed E-state index contributed by atoms with van der Waals surface area (Å²) in [4.78, 5) is 8.69. The van der Waals surface area contributed by atoms with E-state index in [0.717, 1.165) is 5.56 Å². The molecule has 2 aromatic carbocycles. The zero-order valence-corrected chi connectivity index (χ0v) is 13.8. The molecule has 0 fully saturated rings. The van der Waals surface area contributed by atoms with E-state index in [4.69, 9.17) is 0 Å². The van der Waals surface area contributed by atoms with Crippen LogP contribution < -0.4 is 5.32 Å². The van der Waals surface area contributed by atoms with Crippen molar-refractivity contribution in [1.29, 1.82) is 0 Å². The Hall–Kier alpha value is -2.47. The van der Waals surface area contributed by atoms with Crippen molar-refractivity contribution in [2.24, 2.45) is 0 Å². The normalized spacial score (nSPS) is 11.6. The predicted octanol–water partition coefficient (Wildman–Crippen LogP) is 2.95. The van der Waals surface area contributed by atoms with Crippen molar-refractivity contribution in [2.45, 2.75) is 18.4 Å². The molecule has 0 saturated carbocycles. The SMILES string of the molecule is Cc1ccc(CNc2ncnc3ccc(S(C)(=O)=O)cc23)cc1. The molecular weight excluding hydrogens is 310 g/mol. The first-order valence-corrected chi connectivity index (χ1v) is 9.07. The molecule has 0 radical (unpaired) electrons. The first kappa shape index (κ1) is 15.4. The van der Waals surface area contributed by atoms with Crippen LogP contribution in [0.3, 0.4) is 0 Å². The highest BCUT2D eigenvalue weighted by molar-refractivity contribution is 7.90. The number of fused-ring (bicyclic) bond motifs is 1. The van der Waals surface area contributed by atoms with E-state index in [1.54, 1.807) is 18.2 Å². The van der Waals surface area contributed by atoms with Gasteiger partial charge in [0.2, 0.25) is 0 Å². The van der Waals surface area contributed by atoms with Crippen LogP contribution in [0.1, 0.15) is 11.1 Å². The number of benzene rings is 2. The molecule has 0 atom stereocenters. The highest BCUT2D eigenvalue weighted by atomic mass is 32.2. The van der Waals surface area contributed by atoms with Crippen molar-refractivity contribution in [1.82, 2.24) is 9.97 Å². The number of nitrogens with one attached hydrogen (secondary N) is 1. The van der Waals surface area contributed by atoms with E-state index in [0.29, 0.717) is 23.3 Å². The molecule has 3 rings (SSSR count). The van der Waals surface area contributed by atoms with Gasteiger partial charge in [0, 0.05) is 18.2 Å². The van der Waals surface area contributed by atoms with Gasteiger partial charge in [0.1, 0.15) is 12.1 Å². The van der Waals surface area contributed by atoms with Gasteiger partial charge in [0.05, 0.1) is 10.4 Å². The van der Waals surface area contributed by atoms with E-state index in [9.17, 15) is 8.42 Å². The summed E-state index contributed by atoms with van der Waals surface area (Å²) in [6, 6.07) is 13.1. The lowest BCUT2D eigenvalue weighted by Gasteiger charge is -2.09. The molecule has 0 aliphatic heterocycles. The summed E-state index contributed by atoms with van der Waals surface area (Å²) in [7, 11) is -3.27. The Kier molecular flexibility index (Phi) is 4.00. The molecule has 1 N–H and O–H groups in total. The van der Waals surface area contributed by atoms with Crippen molar-refractivity contribution in [3.8, 4) is 0 Å².